The molecule has 0 bridgehead atoms. The van der Waals surface area contributed by atoms with E-state index in [-0.39, 0.29) is 15.5 Å². The fourth-order valence-electron chi connectivity index (χ4n) is 2.61. The summed E-state index contributed by atoms with van der Waals surface area (Å²) in [6, 6.07) is 3.91. The number of nitrogens with one attached hydrogen (secondary N) is 1. The average Bonchev–Trinajstić information content (AvgIpc) is 3.15. The molecule has 1 saturated heterocycles. The van der Waals surface area contributed by atoms with Gasteiger partial charge in [0.2, 0.25) is 10.0 Å². The zero-order valence-corrected chi connectivity index (χ0v) is 17.3. The Labute approximate surface area is 165 Å². The first-order valence-electron chi connectivity index (χ1n) is 8.84. The molecule has 1 aromatic rings. The molecule has 150 valence electrons. The van der Waals surface area contributed by atoms with E-state index in [1.165, 1.54) is 22.5 Å². The van der Waals surface area contributed by atoms with Crippen LogP contribution >= 0.6 is 11.6 Å². The van der Waals surface area contributed by atoms with E-state index in [1.807, 2.05) is 20.8 Å². The molecule has 9 heteroatoms. The van der Waals surface area contributed by atoms with Crippen LogP contribution in [-0.2, 0) is 19.6 Å². The molecule has 1 N–H and O–H groups in total. The highest BCUT2D eigenvalue weighted by molar-refractivity contribution is 7.89. The van der Waals surface area contributed by atoms with Crippen LogP contribution in [0.25, 0.3) is 0 Å². The van der Waals surface area contributed by atoms with E-state index in [9.17, 15) is 18.0 Å². The molecule has 1 fully saturated rings. The van der Waals surface area contributed by atoms with Crippen LogP contribution in [0.3, 0.4) is 0 Å². The van der Waals surface area contributed by atoms with Gasteiger partial charge in [0.1, 0.15) is 0 Å². The Balaban J connectivity index is 2.11. The molecule has 0 radical (unpaired) electrons. The van der Waals surface area contributed by atoms with E-state index in [4.69, 9.17) is 16.3 Å². The normalized spacial score (nSPS) is 15.6. The van der Waals surface area contributed by atoms with Crippen LogP contribution in [0.15, 0.2) is 23.1 Å². The van der Waals surface area contributed by atoms with Crippen molar-refractivity contribution in [1.82, 2.24) is 9.62 Å². The molecule has 2 rings (SSSR count). The van der Waals surface area contributed by atoms with Crippen molar-refractivity contribution < 1.29 is 22.7 Å². The third kappa shape index (κ3) is 5.43. The summed E-state index contributed by atoms with van der Waals surface area (Å²) in [6.07, 6.45) is 2.34. The van der Waals surface area contributed by atoms with Crippen LogP contribution in [-0.4, -0.2) is 49.8 Å². The van der Waals surface area contributed by atoms with E-state index in [0.717, 1.165) is 19.3 Å². The molecule has 7 nitrogen and oxygen atoms in total. The molecule has 0 unspecified atom stereocenters. The molecular weight excluding hydrogens is 392 g/mol. The molecule has 0 saturated carbocycles. The monoisotopic (exact) mass is 416 g/mol. The smallest absolute Gasteiger partial charge is 0.340 e. The topological polar surface area (TPSA) is 92.8 Å². The first-order valence-corrected chi connectivity index (χ1v) is 10.7. The predicted molar refractivity (Wildman–Crippen MR) is 102 cm³/mol. The van der Waals surface area contributed by atoms with Crippen LogP contribution in [0, 0.1) is 0 Å². The number of hydrogen-bond acceptors (Lipinski definition) is 5. The molecule has 1 aliphatic rings. The minimum atomic E-state index is -3.68. The number of esters is 1. The van der Waals surface area contributed by atoms with E-state index >= 15 is 0 Å². The lowest BCUT2D eigenvalue weighted by Gasteiger charge is -2.24. The summed E-state index contributed by atoms with van der Waals surface area (Å²) >= 11 is 6.04. The Morgan fingerprint density at radius 3 is 2.48 bits per heavy atom. The Hall–Kier alpha value is -1.64. The number of benzene rings is 1. The van der Waals surface area contributed by atoms with Crippen LogP contribution < -0.4 is 5.32 Å². The summed E-state index contributed by atoms with van der Waals surface area (Å²) < 4.78 is 31.7. The Morgan fingerprint density at radius 2 is 1.89 bits per heavy atom. The Kier molecular flexibility index (Phi) is 6.88. The summed E-state index contributed by atoms with van der Waals surface area (Å²) in [7, 11) is -3.68. The molecule has 0 atom stereocenters. The van der Waals surface area contributed by atoms with Gasteiger partial charge in [-0.2, -0.15) is 4.31 Å². The lowest BCUT2D eigenvalue weighted by atomic mass is 10.0. The lowest BCUT2D eigenvalue weighted by Crippen LogP contribution is -2.44. The molecule has 1 aliphatic heterocycles. The second kappa shape index (κ2) is 8.58. The van der Waals surface area contributed by atoms with E-state index in [1.54, 1.807) is 0 Å². The average molecular weight is 417 g/mol. The lowest BCUT2D eigenvalue weighted by molar-refractivity contribution is -0.125. The van der Waals surface area contributed by atoms with Gasteiger partial charge in [-0.25, -0.2) is 13.2 Å². The van der Waals surface area contributed by atoms with Gasteiger partial charge in [0.05, 0.1) is 15.5 Å². The van der Waals surface area contributed by atoms with E-state index in [0.29, 0.717) is 13.1 Å². The summed E-state index contributed by atoms with van der Waals surface area (Å²) in [5, 5.41) is 2.81. The first kappa shape index (κ1) is 21.7. The first-order chi connectivity index (χ1) is 12.6. The number of carbonyl (C=O) groups is 2. The third-order valence-corrected chi connectivity index (χ3v) is 6.78. The molecule has 0 aliphatic carbocycles. The minimum Gasteiger partial charge on any atom is -0.452 e. The number of hydrogen-bond donors (Lipinski definition) is 1. The van der Waals surface area contributed by atoms with Crippen LogP contribution in [0.5, 0.6) is 0 Å². The van der Waals surface area contributed by atoms with E-state index in [2.05, 4.69) is 5.32 Å². The van der Waals surface area contributed by atoms with Crippen molar-refractivity contribution in [3.8, 4) is 0 Å². The van der Waals surface area contributed by atoms with Crippen molar-refractivity contribution in [2.45, 2.75) is 50.5 Å². The number of carbonyl (C=O) groups excluding carboxylic acids is 2. The molecule has 1 aromatic carbocycles. The van der Waals surface area contributed by atoms with Gasteiger partial charge in [0, 0.05) is 18.6 Å². The van der Waals surface area contributed by atoms with Gasteiger partial charge in [0.15, 0.2) is 6.61 Å². The van der Waals surface area contributed by atoms with Crippen molar-refractivity contribution in [3.63, 3.8) is 0 Å². The quantitative estimate of drug-likeness (QED) is 0.689. The van der Waals surface area contributed by atoms with Gasteiger partial charge >= 0.3 is 5.97 Å². The maximum absolute atomic E-state index is 12.6. The molecule has 1 amide bonds. The molecule has 0 aromatic heterocycles. The van der Waals surface area contributed by atoms with Crippen molar-refractivity contribution in [2.75, 3.05) is 19.7 Å². The Bertz CT molecular complexity index is 817. The molecule has 1 heterocycles. The van der Waals surface area contributed by atoms with Gasteiger partial charge in [-0.3, -0.25) is 4.79 Å². The van der Waals surface area contributed by atoms with Crippen LogP contribution in [0.4, 0.5) is 0 Å². The second-order valence-corrected chi connectivity index (χ2v) is 9.46. The summed E-state index contributed by atoms with van der Waals surface area (Å²) in [5.41, 5.74) is -0.496. The van der Waals surface area contributed by atoms with Gasteiger partial charge < -0.3 is 10.1 Å². The summed E-state index contributed by atoms with van der Waals surface area (Å²) in [6.45, 7) is 6.09. The Morgan fingerprint density at radius 1 is 1.26 bits per heavy atom. The highest BCUT2D eigenvalue weighted by atomic mass is 35.5. The number of sulfonamides is 1. The zero-order valence-electron chi connectivity index (χ0n) is 15.7. The maximum Gasteiger partial charge on any atom is 0.340 e. The zero-order chi connectivity index (χ0) is 20.2. The minimum absolute atomic E-state index is 0.0164. The van der Waals surface area contributed by atoms with Crippen molar-refractivity contribution >= 4 is 33.5 Å². The number of halogens is 1. The number of rotatable bonds is 7. The fraction of sp³-hybridized carbons (Fsp3) is 0.556. The SMILES string of the molecule is CCC(C)(C)NC(=O)COC(=O)c1cc(S(=O)(=O)N2CCCC2)ccc1Cl. The van der Waals surface area contributed by atoms with Crippen molar-refractivity contribution in [1.29, 1.82) is 0 Å². The highest BCUT2D eigenvalue weighted by Gasteiger charge is 2.28. The van der Waals surface area contributed by atoms with Crippen molar-refractivity contribution in [2.24, 2.45) is 0 Å². The van der Waals surface area contributed by atoms with E-state index < -0.39 is 34.0 Å². The van der Waals surface area contributed by atoms with Gasteiger partial charge in [-0.1, -0.05) is 18.5 Å². The van der Waals surface area contributed by atoms with Crippen molar-refractivity contribution in [3.05, 3.63) is 28.8 Å². The van der Waals surface area contributed by atoms with Crippen LogP contribution in [0.1, 0.15) is 50.4 Å². The van der Waals surface area contributed by atoms with Crippen LogP contribution in [0.2, 0.25) is 5.02 Å². The van der Waals surface area contributed by atoms with Gasteiger partial charge in [-0.05, 0) is 51.3 Å². The second-order valence-electron chi connectivity index (χ2n) is 7.11. The fourth-order valence-corrected chi connectivity index (χ4v) is 4.35. The van der Waals surface area contributed by atoms with Gasteiger partial charge in [0.25, 0.3) is 5.91 Å². The number of amides is 1. The standard InChI is InChI=1S/C18H25ClN2O5S/c1-4-18(2,3)20-16(22)12-26-17(23)14-11-13(7-8-15(14)19)27(24,25)21-9-5-6-10-21/h7-8,11H,4-6,9-10,12H2,1-3H3,(H,20,22). The third-order valence-electron chi connectivity index (χ3n) is 4.56. The van der Waals surface area contributed by atoms with Gasteiger partial charge in [-0.15, -0.1) is 0 Å². The summed E-state index contributed by atoms with van der Waals surface area (Å²) in [4.78, 5) is 24.2. The number of nitrogens with zero attached hydrogens (tertiary/aromatic N) is 1. The molecule has 27 heavy (non-hydrogen) atoms. The molecule has 0 spiro atoms. The predicted octanol–water partition coefficient (Wildman–Crippen LogP) is 2.59. The summed E-state index contributed by atoms with van der Waals surface area (Å²) in [5.74, 6) is -1.28. The highest BCUT2D eigenvalue weighted by Crippen LogP contribution is 2.25. The largest absolute Gasteiger partial charge is 0.452 e. The number of ether oxygens (including phenoxy) is 1. The maximum atomic E-state index is 12.6. The molecular formula is C18H25ClN2O5S.